The second-order valence-corrected chi connectivity index (χ2v) is 5.72. The van der Waals surface area contributed by atoms with Gasteiger partial charge in [-0.25, -0.2) is 4.68 Å². The molecule has 3 aromatic rings. The van der Waals surface area contributed by atoms with Gasteiger partial charge in [0.2, 0.25) is 0 Å². The number of nitrogens with zero attached hydrogens (tertiary/aromatic N) is 2. The summed E-state index contributed by atoms with van der Waals surface area (Å²) in [6.07, 6.45) is 0. The van der Waals surface area contributed by atoms with Crippen LogP contribution >= 0.6 is 22.9 Å². The normalized spacial score (nSPS) is 10.8. The summed E-state index contributed by atoms with van der Waals surface area (Å²) in [6, 6.07) is 8.61. The van der Waals surface area contributed by atoms with Gasteiger partial charge in [0.25, 0.3) is 5.91 Å². The van der Waals surface area contributed by atoms with Gasteiger partial charge in [-0.3, -0.25) is 4.79 Å². The van der Waals surface area contributed by atoms with Crippen molar-refractivity contribution in [1.82, 2.24) is 9.78 Å². The number of halogens is 1. The van der Waals surface area contributed by atoms with E-state index >= 15 is 0 Å². The minimum Gasteiger partial charge on any atom is -0.440 e. The molecule has 0 aliphatic carbocycles. The fourth-order valence-electron chi connectivity index (χ4n) is 1.94. The third-order valence-electron chi connectivity index (χ3n) is 2.90. The highest BCUT2D eigenvalue weighted by atomic mass is 35.5. The molecule has 0 radical (unpaired) electrons. The summed E-state index contributed by atoms with van der Waals surface area (Å²) in [5.41, 5.74) is 0.733. The number of hydrogen-bond donors (Lipinski definition) is 2. The molecule has 0 aliphatic rings. The molecule has 3 heterocycles. The third-order valence-corrected chi connectivity index (χ3v) is 4.00. The van der Waals surface area contributed by atoms with Crippen LogP contribution in [0.5, 0.6) is 0 Å². The zero-order valence-electron chi connectivity index (χ0n) is 11.3. The number of rotatable bonds is 5. The summed E-state index contributed by atoms with van der Waals surface area (Å²) in [5, 5.41) is 18.3. The molecule has 114 valence electrons. The Labute approximate surface area is 134 Å². The van der Waals surface area contributed by atoms with Gasteiger partial charge in [-0.2, -0.15) is 5.10 Å². The molecule has 0 bridgehead atoms. The van der Waals surface area contributed by atoms with Gasteiger partial charge in [-0.1, -0.05) is 6.07 Å². The summed E-state index contributed by atoms with van der Waals surface area (Å²) in [5.74, 6) is 0.165. The van der Waals surface area contributed by atoms with Crippen molar-refractivity contribution in [2.75, 3.05) is 11.9 Å². The third kappa shape index (κ3) is 3.06. The van der Waals surface area contributed by atoms with Gasteiger partial charge < -0.3 is 14.8 Å². The van der Waals surface area contributed by atoms with E-state index < -0.39 is 5.91 Å². The summed E-state index contributed by atoms with van der Waals surface area (Å²) in [4.78, 5) is 13.1. The fraction of sp³-hybridized carbons (Fsp3) is 0.143. The topological polar surface area (TPSA) is 80.3 Å². The number of aliphatic hydroxyl groups is 1. The monoisotopic (exact) mass is 337 g/mol. The molecule has 0 fully saturated rings. The molecule has 3 aromatic heterocycles. The lowest BCUT2D eigenvalue weighted by molar-refractivity contribution is 0.0995. The van der Waals surface area contributed by atoms with Crippen LogP contribution in [0.3, 0.4) is 0 Å². The molecule has 0 spiro atoms. The Balaban J connectivity index is 1.87. The van der Waals surface area contributed by atoms with Gasteiger partial charge in [0.15, 0.2) is 11.0 Å². The molecule has 2 N–H and O–H groups in total. The molecule has 1 amide bonds. The lowest BCUT2D eigenvalue weighted by atomic mass is 10.3. The maximum Gasteiger partial charge on any atom is 0.292 e. The van der Waals surface area contributed by atoms with Crippen LogP contribution in [0.1, 0.15) is 10.6 Å². The molecular formula is C14H12ClN3O3S. The van der Waals surface area contributed by atoms with Crippen molar-refractivity contribution in [3.63, 3.8) is 0 Å². The average Bonchev–Trinajstić information content (AvgIpc) is 3.20. The molecule has 0 saturated carbocycles. The van der Waals surface area contributed by atoms with Crippen molar-refractivity contribution < 1.29 is 14.3 Å². The second-order valence-electron chi connectivity index (χ2n) is 4.40. The summed E-state index contributed by atoms with van der Waals surface area (Å²) in [7, 11) is 0. The van der Waals surface area contributed by atoms with Crippen LogP contribution in [0.4, 0.5) is 5.82 Å². The van der Waals surface area contributed by atoms with Crippen LogP contribution in [0, 0.1) is 0 Å². The van der Waals surface area contributed by atoms with E-state index in [1.54, 1.807) is 17.4 Å². The molecule has 22 heavy (non-hydrogen) atoms. The van der Waals surface area contributed by atoms with Crippen molar-refractivity contribution in [1.29, 1.82) is 0 Å². The predicted octanol–water partition coefficient (Wildman–Crippen LogP) is 3.10. The van der Waals surface area contributed by atoms with E-state index in [0.29, 0.717) is 5.82 Å². The van der Waals surface area contributed by atoms with E-state index in [4.69, 9.17) is 21.1 Å². The SMILES string of the molecule is O=C(Nc1cc(-c2cccs2)nn1CCO)c1ccc(Cl)o1. The van der Waals surface area contributed by atoms with E-state index in [1.165, 1.54) is 16.8 Å². The summed E-state index contributed by atoms with van der Waals surface area (Å²) < 4.78 is 6.61. The maximum atomic E-state index is 12.1. The first kappa shape index (κ1) is 14.8. The van der Waals surface area contributed by atoms with E-state index in [1.807, 2.05) is 17.5 Å². The Morgan fingerprint density at radius 1 is 1.45 bits per heavy atom. The number of aliphatic hydroxyl groups excluding tert-OH is 1. The van der Waals surface area contributed by atoms with Gasteiger partial charge in [-0.05, 0) is 35.2 Å². The standard InChI is InChI=1S/C14H12ClN3O3S/c15-12-4-3-10(21-12)14(20)16-13-8-9(11-2-1-7-22-11)17-18(13)5-6-19/h1-4,7-8,19H,5-6H2,(H,16,20). The highest BCUT2D eigenvalue weighted by Gasteiger charge is 2.16. The predicted molar refractivity (Wildman–Crippen MR) is 84.3 cm³/mol. The first-order valence-electron chi connectivity index (χ1n) is 6.46. The fourth-order valence-corrected chi connectivity index (χ4v) is 2.77. The van der Waals surface area contributed by atoms with Crippen LogP contribution in [0.2, 0.25) is 5.22 Å². The molecule has 0 unspecified atom stereocenters. The number of thiophene rings is 1. The van der Waals surface area contributed by atoms with E-state index in [-0.39, 0.29) is 24.1 Å². The van der Waals surface area contributed by atoms with Crippen LogP contribution in [0.25, 0.3) is 10.6 Å². The van der Waals surface area contributed by atoms with Crippen molar-refractivity contribution in [2.24, 2.45) is 0 Å². The zero-order chi connectivity index (χ0) is 15.5. The van der Waals surface area contributed by atoms with Gasteiger partial charge in [0, 0.05) is 6.07 Å². The Kier molecular flexibility index (Phi) is 4.28. The highest BCUT2D eigenvalue weighted by molar-refractivity contribution is 7.13. The average molecular weight is 338 g/mol. The first-order valence-corrected chi connectivity index (χ1v) is 7.72. The Bertz CT molecular complexity index is 779. The summed E-state index contributed by atoms with van der Waals surface area (Å²) >= 11 is 7.21. The summed E-state index contributed by atoms with van der Waals surface area (Å²) in [6.45, 7) is 0.195. The molecular weight excluding hydrogens is 326 g/mol. The van der Waals surface area contributed by atoms with E-state index in [9.17, 15) is 4.79 Å². The van der Waals surface area contributed by atoms with Gasteiger partial charge in [-0.15, -0.1) is 11.3 Å². The van der Waals surface area contributed by atoms with Gasteiger partial charge >= 0.3 is 0 Å². The molecule has 0 aliphatic heterocycles. The lowest BCUT2D eigenvalue weighted by Crippen LogP contribution is -2.16. The van der Waals surface area contributed by atoms with Gasteiger partial charge in [0.1, 0.15) is 11.5 Å². The molecule has 0 saturated heterocycles. The highest BCUT2D eigenvalue weighted by Crippen LogP contribution is 2.26. The van der Waals surface area contributed by atoms with Gasteiger partial charge in [0.05, 0.1) is 18.0 Å². The van der Waals surface area contributed by atoms with Crippen molar-refractivity contribution in [2.45, 2.75) is 6.54 Å². The number of aromatic nitrogens is 2. The number of nitrogens with one attached hydrogen (secondary N) is 1. The van der Waals surface area contributed by atoms with Crippen LogP contribution in [0.15, 0.2) is 40.1 Å². The molecule has 0 atom stereocenters. The molecule has 0 aromatic carbocycles. The lowest BCUT2D eigenvalue weighted by Gasteiger charge is -2.05. The molecule has 3 rings (SSSR count). The Morgan fingerprint density at radius 3 is 2.95 bits per heavy atom. The number of furan rings is 1. The quantitative estimate of drug-likeness (QED) is 0.749. The van der Waals surface area contributed by atoms with Crippen molar-refractivity contribution in [3.05, 3.63) is 46.7 Å². The largest absolute Gasteiger partial charge is 0.440 e. The smallest absolute Gasteiger partial charge is 0.292 e. The number of hydrogen-bond acceptors (Lipinski definition) is 5. The van der Waals surface area contributed by atoms with Crippen LogP contribution in [-0.2, 0) is 6.54 Å². The Morgan fingerprint density at radius 2 is 2.32 bits per heavy atom. The Hall–Kier alpha value is -2.09. The molecule has 6 nitrogen and oxygen atoms in total. The maximum absolute atomic E-state index is 12.1. The molecule has 8 heteroatoms. The number of carbonyl (C=O) groups excluding carboxylic acids is 1. The second kappa shape index (κ2) is 6.35. The van der Waals surface area contributed by atoms with Crippen LogP contribution in [-0.4, -0.2) is 27.4 Å². The van der Waals surface area contributed by atoms with E-state index in [0.717, 1.165) is 10.6 Å². The zero-order valence-corrected chi connectivity index (χ0v) is 12.9. The number of carbonyl (C=O) groups is 1. The minimum absolute atomic E-state index is 0.0823. The van der Waals surface area contributed by atoms with Crippen LogP contribution < -0.4 is 5.32 Å². The first-order chi connectivity index (χ1) is 10.7. The minimum atomic E-state index is -0.427. The van der Waals surface area contributed by atoms with Crippen molar-refractivity contribution in [3.8, 4) is 10.6 Å². The van der Waals surface area contributed by atoms with E-state index in [2.05, 4.69) is 10.4 Å². The number of amides is 1. The number of anilines is 1. The van der Waals surface area contributed by atoms with Crippen molar-refractivity contribution >= 4 is 34.7 Å².